The maximum Gasteiger partial charge on any atom is 0.246 e. The topological polar surface area (TPSA) is 94.0 Å². The van der Waals surface area contributed by atoms with E-state index >= 15 is 0 Å². The van der Waals surface area contributed by atoms with E-state index in [1.165, 1.54) is 6.92 Å². The largest absolute Gasteiger partial charge is 0.347 e. The molecule has 1 amide bonds. The van der Waals surface area contributed by atoms with Gasteiger partial charge in [-0.15, -0.1) is 0 Å². The number of nitrogens with zero attached hydrogens (tertiary/aromatic N) is 2. The molecule has 1 aromatic heterocycles. The number of amides is 1. The fourth-order valence-electron chi connectivity index (χ4n) is 0.645. The zero-order chi connectivity index (χ0) is 8.97. The van der Waals surface area contributed by atoms with Gasteiger partial charge in [-0.05, 0) is 0 Å². The average molecular weight is 170 g/mol. The molecule has 1 heterocycles. The number of rotatable bonds is 3. The second-order valence-corrected chi connectivity index (χ2v) is 2.22. The third-order valence-electron chi connectivity index (χ3n) is 1.18. The number of hydrogen-bond donors (Lipinski definition) is 2. The minimum absolute atomic E-state index is 0.137. The molecule has 0 radical (unpaired) electrons. The lowest BCUT2D eigenvalue weighted by molar-refractivity contribution is -0.119. The van der Waals surface area contributed by atoms with Gasteiger partial charge in [0.1, 0.15) is 0 Å². The molecule has 0 aliphatic rings. The lowest BCUT2D eigenvalue weighted by atomic mass is 10.5. The van der Waals surface area contributed by atoms with E-state index in [4.69, 9.17) is 10.3 Å². The highest BCUT2D eigenvalue weighted by Crippen LogP contribution is 1.94. The number of nitrogens with two attached hydrogens (primary N) is 1. The van der Waals surface area contributed by atoms with E-state index in [0.29, 0.717) is 11.7 Å². The van der Waals surface area contributed by atoms with Crippen LogP contribution in [-0.2, 0) is 17.9 Å². The Morgan fingerprint density at radius 2 is 2.50 bits per heavy atom. The summed E-state index contributed by atoms with van der Waals surface area (Å²) in [6, 6.07) is 0. The van der Waals surface area contributed by atoms with Gasteiger partial charge in [0.25, 0.3) is 0 Å². The van der Waals surface area contributed by atoms with Crippen LogP contribution in [0, 0.1) is 0 Å². The molecule has 0 unspecified atom stereocenters. The first-order chi connectivity index (χ1) is 5.72. The summed E-state index contributed by atoms with van der Waals surface area (Å²) in [4.78, 5) is 14.4. The van der Waals surface area contributed by atoms with Crippen LogP contribution in [0.2, 0.25) is 0 Å². The third kappa shape index (κ3) is 2.31. The Bertz CT molecular complexity index is 270. The predicted octanol–water partition coefficient (Wildman–Crippen LogP) is -0.836. The average Bonchev–Trinajstić information content (AvgIpc) is 2.48. The zero-order valence-electron chi connectivity index (χ0n) is 6.70. The second-order valence-electron chi connectivity index (χ2n) is 2.22. The summed E-state index contributed by atoms with van der Waals surface area (Å²) in [6.07, 6.45) is 0. The Morgan fingerprint density at radius 3 is 3.00 bits per heavy atom. The van der Waals surface area contributed by atoms with Crippen molar-refractivity contribution >= 4 is 5.91 Å². The highest BCUT2D eigenvalue weighted by atomic mass is 16.5. The summed E-state index contributed by atoms with van der Waals surface area (Å²) in [5.41, 5.74) is 5.25. The van der Waals surface area contributed by atoms with Crippen molar-refractivity contribution < 1.29 is 9.32 Å². The molecule has 0 aliphatic carbocycles. The first-order valence-corrected chi connectivity index (χ1v) is 3.48. The lowest BCUT2D eigenvalue weighted by Gasteiger charge is -1.93. The Labute approximate surface area is 69.1 Å². The van der Waals surface area contributed by atoms with E-state index < -0.39 is 0 Å². The predicted molar refractivity (Wildman–Crippen MR) is 39.7 cm³/mol. The molecule has 1 aromatic rings. The molecule has 0 aromatic carbocycles. The summed E-state index contributed by atoms with van der Waals surface area (Å²) >= 11 is 0. The Balaban J connectivity index is 2.47. The van der Waals surface area contributed by atoms with Crippen LogP contribution in [0.15, 0.2) is 4.52 Å². The summed E-state index contributed by atoms with van der Waals surface area (Å²) in [5, 5.41) is 6.07. The minimum Gasteiger partial charge on any atom is -0.347 e. The quantitative estimate of drug-likeness (QED) is 0.617. The molecule has 0 atom stereocenters. The molecule has 0 bridgehead atoms. The third-order valence-corrected chi connectivity index (χ3v) is 1.18. The molecule has 12 heavy (non-hydrogen) atoms. The SMILES string of the molecule is CC(=O)NCc1nc(CN)no1. The molecule has 0 fully saturated rings. The minimum atomic E-state index is -0.137. The molecule has 0 saturated carbocycles. The van der Waals surface area contributed by atoms with Gasteiger partial charge >= 0.3 is 0 Å². The number of aromatic nitrogens is 2. The summed E-state index contributed by atoms with van der Waals surface area (Å²) in [7, 11) is 0. The van der Waals surface area contributed by atoms with Crippen LogP contribution in [0.3, 0.4) is 0 Å². The molecule has 6 nitrogen and oxygen atoms in total. The first kappa shape index (κ1) is 8.66. The smallest absolute Gasteiger partial charge is 0.246 e. The van der Waals surface area contributed by atoms with Crippen LogP contribution < -0.4 is 11.1 Å². The summed E-state index contributed by atoms with van der Waals surface area (Å²) < 4.78 is 4.75. The zero-order valence-corrected chi connectivity index (χ0v) is 6.70. The molecule has 0 spiro atoms. The number of nitrogens with one attached hydrogen (secondary N) is 1. The van der Waals surface area contributed by atoms with Gasteiger partial charge in [0.05, 0.1) is 13.1 Å². The van der Waals surface area contributed by atoms with E-state index in [0.717, 1.165) is 0 Å². The molecular weight excluding hydrogens is 160 g/mol. The van der Waals surface area contributed by atoms with Crippen LogP contribution in [0.25, 0.3) is 0 Å². The molecule has 3 N–H and O–H groups in total. The fourth-order valence-corrected chi connectivity index (χ4v) is 0.645. The molecule has 6 heteroatoms. The van der Waals surface area contributed by atoms with Gasteiger partial charge in [0.15, 0.2) is 5.82 Å². The van der Waals surface area contributed by atoms with Crippen molar-refractivity contribution in [2.45, 2.75) is 20.0 Å². The maximum atomic E-state index is 10.5. The Kier molecular flexibility index (Phi) is 2.76. The number of carbonyl (C=O) groups excluding carboxylic acids is 1. The van der Waals surface area contributed by atoms with E-state index in [9.17, 15) is 4.79 Å². The van der Waals surface area contributed by atoms with Crippen molar-refractivity contribution in [2.75, 3.05) is 0 Å². The second kappa shape index (κ2) is 3.82. The molecule has 1 rings (SSSR count). The van der Waals surface area contributed by atoms with Crippen LogP contribution in [0.5, 0.6) is 0 Å². The normalized spacial score (nSPS) is 9.83. The van der Waals surface area contributed by atoms with Crippen molar-refractivity contribution in [2.24, 2.45) is 5.73 Å². The van der Waals surface area contributed by atoms with Gasteiger partial charge in [-0.2, -0.15) is 4.98 Å². The highest BCUT2D eigenvalue weighted by Gasteiger charge is 2.03. The first-order valence-electron chi connectivity index (χ1n) is 3.48. The van der Waals surface area contributed by atoms with Crippen molar-refractivity contribution in [1.82, 2.24) is 15.5 Å². The monoisotopic (exact) mass is 170 g/mol. The van der Waals surface area contributed by atoms with Crippen LogP contribution >= 0.6 is 0 Å². The van der Waals surface area contributed by atoms with Gasteiger partial charge in [-0.25, -0.2) is 0 Å². The van der Waals surface area contributed by atoms with Gasteiger partial charge in [-0.1, -0.05) is 5.16 Å². The van der Waals surface area contributed by atoms with Crippen LogP contribution in [-0.4, -0.2) is 16.0 Å². The van der Waals surface area contributed by atoms with Crippen LogP contribution in [0.1, 0.15) is 18.6 Å². The highest BCUT2D eigenvalue weighted by molar-refractivity contribution is 5.72. The Morgan fingerprint density at radius 1 is 1.75 bits per heavy atom. The standard InChI is InChI=1S/C6H10N4O2/c1-4(11)8-3-6-9-5(2-7)10-12-6/h2-3,7H2,1H3,(H,8,11). The van der Waals surface area contributed by atoms with Gasteiger partial charge in [0.2, 0.25) is 11.8 Å². The van der Waals surface area contributed by atoms with E-state index in [2.05, 4.69) is 15.5 Å². The van der Waals surface area contributed by atoms with E-state index in [-0.39, 0.29) is 19.0 Å². The maximum absolute atomic E-state index is 10.5. The van der Waals surface area contributed by atoms with Gasteiger partial charge < -0.3 is 15.6 Å². The number of carbonyl (C=O) groups is 1. The molecule has 0 aliphatic heterocycles. The molecule has 0 saturated heterocycles. The van der Waals surface area contributed by atoms with Crippen molar-refractivity contribution in [3.63, 3.8) is 0 Å². The van der Waals surface area contributed by atoms with E-state index in [1.54, 1.807) is 0 Å². The van der Waals surface area contributed by atoms with Crippen molar-refractivity contribution in [1.29, 1.82) is 0 Å². The Hall–Kier alpha value is -1.43. The van der Waals surface area contributed by atoms with Gasteiger partial charge in [0, 0.05) is 6.92 Å². The number of hydrogen-bond acceptors (Lipinski definition) is 5. The van der Waals surface area contributed by atoms with Crippen molar-refractivity contribution in [3.05, 3.63) is 11.7 Å². The molecule has 66 valence electrons. The van der Waals surface area contributed by atoms with E-state index in [1.807, 2.05) is 0 Å². The summed E-state index contributed by atoms with van der Waals surface area (Å²) in [6.45, 7) is 1.91. The molecular formula is C6H10N4O2. The van der Waals surface area contributed by atoms with Crippen molar-refractivity contribution in [3.8, 4) is 0 Å². The van der Waals surface area contributed by atoms with Crippen LogP contribution in [0.4, 0.5) is 0 Å². The lowest BCUT2D eigenvalue weighted by Crippen LogP contribution is -2.19. The summed E-state index contributed by atoms with van der Waals surface area (Å²) in [5.74, 6) is 0.670. The van der Waals surface area contributed by atoms with Gasteiger partial charge in [-0.3, -0.25) is 4.79 Å². The fraction of sp³-hybridized carbons (Fsp3) is 0.500.